The van der Waals surface area contributed by atoms with E-state index in [2.05, 4.69) is 24.1 Å². The van der Waals surface area contributed by atoms with Crippen LogP contribution < -0.4 is 5.32 Å². The number of ether oxygens (including phenoxy) is 1. The van der Waals surface area contributed by atoms with Gasteiger partial charge in [-0.2, -0.15) is 0 Å². The smallest absolute Gasteiger partial charge is 0.122 e. The Labute approximate surface area is 84.5 Å². The third kappa shape index (κ3) is 1.53. The molecule has 0 saturated carbocycles. The van der Waals surface area contributed by atoms with Crippen LogP contribution in [0.2, 0.25) is 0 Å². The van der Waals surface area contributed by atoms with Crippen molar-refractivity contribution in [3.63, 3.8) is 0 Å². The number of nitrogens with one attached hydrogen (secondary N) is 1. The standard InChI is InChI=1S/C11H16N2O/c1-9-11(2,14-8-7-12-9)10-5-3-4-6-13-10/h3-6,9,12H,7-8H2,1-2H3. The van der Waals surface area contributed by atoms with Gasteiger partial charge in [0.15, 0.2) is 0 Å². The van der Waals surface area contributed by atoms with E-state index in [0.717, 1.165) is 18.8 Å². The van der Waals surface area contributed by atoms with Crippen molar-refractivity contribution in [2.45, 2.75) is 25.5 Å². The van der Waals surface area contributed by atoms with E-state index >= 15 is 0 Å². The van der Waals surface area contributed by atoms with Gasteiger partial charge in [0.2, 0.25) is 0 Å². The second-order valence-electron chi connectivity index (χ2n) is 3.85. The lowest BCUT2D eigenvalue weighted by Crippen LogP contribution is -2.53. The molecule has 0 aliphatic carbocycles. The van der Waals surface area contributed by atoms with Crippen LogP contribution >= 0.6 is 0 Å². The molecular formula is C11H16N2O. The van der Waals surface area contributed by atoms with E-state index in [1.165, 1.54) is 0 Å². The summed E-state index contributed by atoms with van der Waals surface area (Å²) in [6.45, 7) is 5.89. The molecule has 14 heavy (non-hydrogen) atoms. The molecule has 76 valence electrons. The zero-order chi connectivity index (χ0) is 10.0. The number of rotatable bonds is 1. The van der Waals surface area contributed by atoms with Gasteiger partial charge in [-0.25, -0.2) is 0 Å². The molecule has 2 unspecified atom stereocenters. The quantitative estimate of drug-likeness (QED) is 0.728. The highest BCUT2D eigenvalue weighted by Gasteiger charge is 2.37. The van der Waals surface area contributed by atoms with E-state index < -0.39 is 0 Å². The molecule has 0 bridgehead atoms. The molecule has 1 aromatic heterocycles. The van der Waals surface area contributed by atoms with Gasteiger partial charge in [0.05, 0.1) is 12.3 Å². The van der Waals surface area contributed by atoms with Crippen LogP contribution in [0.4, 0.5) is 0 Å². The first kappa shape index (κ1) is 9.62. The lowest BCUT2D eigenvalue weighted by atomic mass is 9.92. The molecule has 2 heterocycles. The minimum absolute atomic E-state index is 0.292. The highest BCUT2D eigenvalue weighted by atomic mass is 16.5. The van der Waals surface area contributed by atoms with Gasteiger partial charge in [0.1, 0.15) is 5.60 Å². The SMILES string of the molecule is CC1NCCOC1(C)c1ccccn1. The maximum Gasteiger partial charge on any atom is 0.122 e. The molecule has 0 amide bonds. The Morgan fingerprint density at radius 2 is 2.43 bits per heavy atom. The number of pyridine rings is 1. The molecule has 2 rings (SSSR count). The van der Waals surface area contributed by atoms with E-state index in [1.54, 1.807) is 0 Å². The van der Waals surface area contributed by atoms with Crippen molar-refractivity contribution in [3.05, 3.63) is 30.1 Å². The zero-order valence-electron chi connectivity index (χ0n) is 8.66. The minimum atomic E-state index is -0.292. The van der Waals surface area contributed by atoms with E-state index in [1.807, 2.05) is 24.4 Å². The molecule has 0 spiro atoms. The van der Waals surface area contributed by atoms with Crippen molar-refractivity contribution in [1.82, 2.24) is 10.3 Å². The largest absolute Gasteiger partial charge is 0.366 e. The molecule has 3 heteroatoms. The summed E-state index contributed by atoms with van der Waals surface area (Å²) < 4.78 is 5.84. The highest BCUT2D eigenvalue weighted by molar-refractivity contribution is 5.15. The van der Waals surface area contributed by atoms with Crippen LogP contribution in [0, 0.1) is 0 Å². The van der Waals surface area contributed by atoms with E-state index in [9.17, 15) is 0 Å². The zero-order valence-corrected chi connectivity index (χ0v) is 8.66. The Bertz CT molecular complexity index is 301. The predicted molar refractivity (Wildman–Crippen MR) is 55.0 cm³/mol. The summed E-state index contributed by atoms with van der Waals surface area (Å²) in [5.41, 5.74) is 0.708. The second-order valence-corrected chi connectivity index (χ2v) is 3.85. The van der Waals surface area contributed by atoms with Gasteiger partial charge in [0.25, 0.3) is 0 Å². The number of hydrogen-bond acceptors (Lipinski definition) is 3. The summed E-state index contributed by atoms with van der Waals surface area (Å²) in [6, 6.07) is 6.24. The molecule has 1 saturated heterocycles. The van der Waals surface area contributed by atoms with Gasteiger partial charge in [-0.3, -0.25) is 4.98 Å². The molecule has 1 aromatic rings. The first-order chi connectivity index (χ1) is 6.73. The number of hydrogen-bond donors (Lipinski definition) is 1. The van der Waals surface area contributed by atoms with Gasteiger partial charge in [0, 0.05) is 18.8 Å². The molecule has 0 aromatic carbocycles. The summed E-state index contributed by atoms with van der Waals surface area (Å²) >= 11 is 0. The third-order valence-corrected chi connectivity index (χ3v) is 2.95. The van der Waals surface area contributed by atoms with Crippen molar-refractivity contribution in [2.75, 3.05) is 13.2 Å². The summed E-state index contributed by atoms with van der Waals surface area (Å²) in [5, 5.41) is 3.41. The predicted octanol–water partition coefficient (Wildman–Crippen LogP) is 1.31. The van der Waals surface area contributed by atoms with Gasteiger partial charge >= 0.3 is 0 Å². The normalized spacial score (nSPS) is 32.9. The lowest BCUT2D eigenvalue weighted by Gasteiger charge is -2.39. The molecular weight excluding hydrogens is 176 g/mol. The van der Waals surface area contributed by atoms with Gasteiger partial charge in [-0.1, -0.05) is 6.07 Å². The van der Waals surface area contributed by atoms with Crippen molar-refractivity contribution < 1.29 is 4.74 Å². The Morgan fingerprint density at radius 1 is 1.57 bits per heavy atom. The van der Waals surface area contributed by atoms with Gasteiger partial charge in [-0.15, -0.1) is 0 Å². The first-order valence-electron chi connectivity index (χ1n) is 5.02. The monoisotopic (exact) mass is 192 g/mol. The molecule has 1 N–H and O–H groups in total. The third-order valence-electron chi connectivity index (χ3n) is 2.95. The van der Waals surface area contributed by atoms with Crippen LogP contribution in [0.3, 0.4) is 0 Å². The van der Waals surface area contributed by atoms with E-state index in [-0.39, 0.29) is 5.60 Å². The maximum atomic E-state index is 5.84. The van der Waals surface area contributed by atoms with Crippen LogP contribution in [-0.2, 0) is 10.3 Å². The van der Waals surface area contributed by atoms with Crippen LogP contribution in [-0.4, -0.2) is 24.2 Å². The highest BCUT2D eigenvalue weighted by Crippen LogP contribution is 2.29. The molecule has 3 nitrogen and oxygen atoms in total. The average molecular weight is 192 g/mol. The average Bonchev–Trinajstić information content (AvgIpc) is 2.24. The van der Waals surface area contributed by atoms with Crippen LogP contribution in [0.1, 0.15) is 19.5 Å². The molecule has 0 radical (unpaired) electrons. The van der Waals surface area contributed by atoms with Crippen molar-refractivity contribution in [1.29, 1.82) is 0 Å². The summed E-state index contributed by atoms with van der Waals surface area (Å²) in [6.07, 6.45) is 1.81. The van der Waals surface area contributed by atoms with Crippen molar-refractivity contribution >= 4 is 0 Å². The summed E-state index contributed by atoms with van der Waals surface area (Å²) in [7, 11) is 0. The molecule has 1 aliphatic rings. The Balaban J connectivity index is 2.30. The topological polar surface area (TPSA) is 34.1 Å². The van der Waals surface area contributed by atoms with Crippen LogP contribution in [0.15, 0.2) is 24.4 Å². The fourth-order valence-electron chi connectivity index (χ4n) is 1.81. The number of nitrogens with zero attached hydrogens (tertiary/aromatic N) is 1. The lowest BCUT2D eigenvalue weighted by molar-refractivity contribution is -0.0878. The van der Waals surface area contributed by atoms with Crippen LogP contribution in [0.5, 0.6) is 0 Å². The maximum absolute atomic E-state index is 5.84. The van der Waals surface area contributed by atoms with Crippen LogP contribution in [0.25, 0.3) is 0 Å². The van der Waals surface area contributed by atoms with Gasteiger partial charge < -0.3 is 10.1 Å². The van der Waals surface area contributed by atoms with E-state index in [0.29, 0.717) is 6.04 Å². The minimum Gasteiger partial charge on any atom is -0.366 e. The van der Waals surface area contributed by atoms with Crippen molar-refractivity contribution in [2.24, 2.45) is 0 Å². The second kappa shape index (κ2) is 3.67. The Hall–Kier alpha value is -0.930. The van der Waals surface area contributed by atoms with Crippen molar-refractivity contribution in [3.8, 4) is 0 Å². The van der Waals surface area contributed by atoms with Gasteiger partial charge in [-0.05, 0) is 26.0 Å². The summed E-state index contributed by atoms with van der Waals surface area (Å²) in [5.74, 6) is 0. The first-order valence-corrected chi connectivity index (χ1v) is 5.02. The fourth-order valence-corrected chi connectivity index (χ4v) is 1.81. The summed E-state index contributed by atoms with van der Waals surface area (Å²) in [4.78, 5) is 4.36. The molecule has 1 aliphatic heterocycles. The number of morpholine rings is 1. The molecule has 2 atom stereocenters. The van der Waals surface area contributed by atoms with E-state index in [4.69, 9.17) is 4.74 Å². The fraction of sp³-hybridized carbons (Fsp3) is 0.545. The Kier molecular flexibility index (Phi) is 2.52. The Morgan fingerprint density at radius 3 is 3.07 bits per heavy atom. The number of aromatic nitrogens is 1. The molecule has 1 fully saturated rings.